The molecule has 0 bridgehead atoms. The molecule has 0 saturated heterocycles. The summed E-state index contributed by atoms with van der Waals surface area (Å²) in [5.41, 5.74) is 1.98. The van der Waals surface area contributed by atoms with Crippen LogP contribution in [0.1, 0.15) is 37.8 Å². The zero-order valence-electron chi connectivity index (χ0n) is 14.5. The molecule has 26 heavy (non-hydrogen) atoms. The van der Waals surface area contributed by atoms with Gasteiger partial charge in [-0.15, -0.1) is 0 Å². The van der Waals surface area contributed by atoms with E-state index in [0.717, 1.165) is 0 Å². The summed E-state index contributed by atoms with van der Waals surface area (Å²) < 4.78 is 11.4. The maximum Gasteiger partial charge on any atom is 0.355 e. The van der Waals surface area contributed by atoms with Crippen LogP contribution in [0.15, 0.2) is 35.3 Å². The summed E-state index contributed by atoms with van der Waals surface area (Å²) in [6.07, 6.45) is 1.61. The Balaban J connectivity index is 1.82. The number of nitrogens with zero attached hydrogens (tertiary/aromatic N) is 2. The molecule has 0 fully saturated rings. The topological polar surface area (TPSA) is 103 Å². The van der Waals surface area contributed by atoms with E-state index in [4.69, 9.17) is 9.47 Å². The second-order valence-corrected chi connectivity index (χ2v) is 5.71. The molecule has 3 aromatic heterocycles. The second kappa shape index (κ2) is 6.83. The maximum atomic E-state index is 12.3. The Morgan fingerprint density at radius 2 is 2.00 bits per heavy atom. The van der Waals surface area contributed by atoms with E-state index in [1.54, 1.807) is 38.2 Å². The summed E-state index contributed by atoms with van der Waals surface area (Å²) in [7, 11) is 1.27. The highest BCUT2D eigenvalue weighted by Crippen LogP contribution is 2.20. The van der Waals surface area contributed by atoms with E-state index in [1.807, 2.05) is 0 Å². The Bertz CT molecular complexity index is 1060. The van der Waals surface area contributed by atoms with Gasteiger partial charge in [-0.25, -0.2) is 14.6 Å². The van der Waals surface area contributed by atoms with E-state index in [2.05, 4.69) is 9.97 Å². The fourth-order valence-electron chi connectivity index (χ4n) is 2.75. The molecule has 0 radical (unpaired) electrons. The Kier molecular flexibility index (Phi) is 4.57. The number of ether oxygens (including phenoxy) is 2. The van der Waals surface area contributed by atoms with E-state index in [-0.39, 0.29) is 17.9 Å². The van der Waals surface area contributed by atoms with E-state index < -0.39 is 11.9 Å². The second-order valence-electron chi connectivity index (χ2n) is 5.71. The molecule has 0 unspecified atom stereocenters. The molecule has 0 amide bonds. The number of methoxy groups -OCH3 is 1. The minimum absolute atomic E-state index is 0.162. The number of rotatable bonds is 4. The SMILES string of the molecule is COC(=O)c1c(C)[nH]c(C(=O)OCc2cc(=O)n3ccccc3n2)c1C. The van der Waals surface area contributed by atoms with E-state index in [9.17, 15) is 14.4 Å². The first kappa shape index (κ1) is 17.4. The number of aryl methyl sites for hydroxylation is 1. The summed E-state index contributed by atoms with van der Waals surface area (Å²) >= 11 is 0. The largest absolute Gasteiger partial charge is 0.465 e. The maximum absolute atomic E-state index is 12.3. The van der Waals surface area contributed by atoms with Crippen molar-refractivity contribution < 1.29 is 19.1 Å². The third-order valence-electron chi connectivity index (χ3n) is 4.01. The van der Waals surface area contributed by atoms with Crippen LogP contribution in [0, 0.1) is 13.8 Å². The fraction of sp³-hybridized carbons (Fsp3) is 0.222. The number of esters is 2. The molecule has 8 nitrogen and oxygen atoms in total. The first-order valence-electron chi connectivity index (χ1n) is 7.84. The molecule has 0 aliphatic heterocycles. The van der Waals surface area contributed by atoms with Crippen molar-refractivity contribution >= 4 is 17.6 Å². The van der Waals surface area contributed by atoms with Crippen molar-refractivity contribution in [3.8, 4) is 0 Å². The van der Waals surface area contributed by atoms with Gasteiger partial charge in [0.2, 0.25) is 0 Å². The predicted octanol–water partition coefficient (Wildman–Crippen LogP) is 1.78. The molecular weight excluding hydrogens is 338 g/mol. The Morgan fingerprint density at radius 1 is 1.23 bits per heavy atom. The van der Waals surface area contributed by atoms with Crippen molar-refractivity contribution in [3.05, 3.63) is 69.0 Å². The van der Waals surface area contributed by atoms with E-state index in [1.165, 1.54) is 17.6 Å². The van der Waals surface area contributed by atoms with Gasteiger partial charge in [-0.05, 0) is 31.5 Å². The summed E-state index contributed by atoms with van der Waals surface area (Å²) in [5, 5.41) is 0. The van der Waals surface area contributed by atoms with Crippen LogP contribution >= 0.6 is 0 Å². The van der Waals surface area contributed by atoms with Crippen molar-refractivity contribution in [1.82, 2.24) is 14.4 Å². The van der Waals surface area contributed by atoms with Gasteiger partial charge in [-0.1, -0.05) is 6.07 Å². The Morgan fingerprint density at radius 3 is 2.73 bits per heavy atom. The summed E-state index contributed by atoms with van der Waals surface area (Å²) in [6.45, 7) is 3.14. The Labute approximate surface area is 148 Å². The molecular formula is C18H17N3O5. The van der Waals surface area contributed by atoms with Crippen LogP contribution in [-0.2, 0) is 16.1 Å². The minimum atomic E-state index is -0.643. The summed E-state index contributed by atoms with van der Waals surface area (Å²) in [5.74, 6) is -1.17. The van der Waals surface area contributed by atoms with Crippen molar-refractivity contribution in [2.45, 2.75) is 20.5 Å². The molecule has 1 N–H and O–H groups in total. The smallest absolute Gasteiger partial charge is 0.355 e. The number of H-pyrrole nitrogens is 1. The van der Waals surface area contributed by atoms with Crippen LogP contribution < -0.4 is 5.56 Å². The molecule has 3 aromatic rings. The van der Waals surface area contributed by atoms with Gasteiger partial charge in [-0.3, -0.25) is 9.20 Å². The van der Waals surface area contributed by atoms with Gasteiger partial charge in [0.1, 0.15) is 17.9 Å². The number of fused-ring (bicyclic) bond motifs is 1. The zero-order chi connectivity index (χ0) is 18.8. The lowest BCUT2D eigenvalue weighted by Crippen LogP contribution is -2.16. The van der Waals surface area contributed by atoms with Crippen LogP contribution in [0.25, 0.3) is 5.65 Å². The molecule has 0 aromatic carbocycles. The average Bonchev–Trinajstić information content (AvgIpc) is 2.93. The van der Waals surface area contributed by atoms with Crippen LogP contribution in [0.3, 0.4) is 0 Å². The quantitative estimate of drug-likeness (QED) is 0.716. The fourth-order valence-corrected chi connectivity index (χ4v) is 2.75. The lowest BCUT2D eigenvalue weighted by molar-refractivity contribution is 0.0460. The molecule has 0 saturated carbocycles. The number of hydrogen-bond donors (Lipinski definition) is 1. The molecule has 0 aliphatic rings. The predicted molar refractivity (Wildman–Crippen MR) is 92.2 cm³/mol. The highest BCUT2D eigenvalue weighted by molar-refractivity contribution is 5.98. The van der Waals surface area contributed by atoms with Crippen LogP contribution in [0.2, 0.25) is 0 Å². The van der Waals surface area contributed by atoms with Gasteiger partial charge in [0, 0.05) is 18.0 Å². The van der Waals surface area contributed by atoms with E-state index in [0.29, 0.717) is 28.2 Å². The zero-order valence-corrected chi connectivity index (χ0v) is 14.5. The molecule has 3 heterocycles. The number of pyridine rings is 1. The Hall–Kier alpha value is -3.42. The third kappa shape index (κ3) is 3.08. The van der Waals surface area contributed by atoms with Crippen molar-refractivity contribution in [2.24, 2.45) is 0 Å². The average molecular weight is 355 g/mol. The molecule has 3 rings (SSSR count). The normalized spacial score (nSPS) is 10.7. The van der Waals surface area contributed by atoms with Gasteiger partial charge in [0.15, 0.2) is 0 Å². The van der Waals surface area contributed by atoms with Gasteiger partial charge in [0.05, 0.1) is 18.4 Å². The highest BCUT2D eigenvalue weighted by atomic mass is 16.5. The molecule has 8 heteroatoms. The van der Waals surface area contributed by atoms with Crippen LogP contribution in [-0.4, -0.2) is 33.4 Å². The molecule has 134 valence electrons. The number of aromatic amines is 1. The molecule has 0 atom stereocenters. The summed E-state index contributed by atoms with van der Waals surface area (Å²) in [6, 6.07) is 6.49. The monoisotopic (exact) mass is 355 g/mol. The third-order valence-corrected chi connectivity index (χ3v) is 4.01. The number of aromatic nitrogens is 3. The highest BCUT2D eigenvalue weighted by Gasteiger charge is 2.23. The number of carbonyl (C=O) groups excluding carboxylic acids is 2. The van der Waals surface area contributed by atoms with Crippen LogP contribution in [0.5, 0.6) is 0 Å². The van der Waals surface area contributed by atoms with Crippen LogP contribution in [0.4, 0.5) is 0 Å². The van der Waals surface area contributed by atoms with Gasteiger partial charge < -0.3 is 14.5 Å². The molecule has 0 spiro atoms. The number of hydrogen-bond acceptors (Lipinski definition) is 6. The van der Waals surface area contributed by atoms with Gasteiger partial charge in [0.25, 0.3) is 5.56 Å². The van der Waals surface area contributed by atoms with E-state index >= 15 is 0 Å². The number of carbonyl (C=O) groups is 2. The van der Waals surface area contributed by atoms with Crippen molar-refractivity contribution in [2.75, 3.05) is 7.11 Å². The first-order valence-corrected chi connectivity index (χ1v) is 7.84. The molecule has 0 aliphatic carbocycles. The first-order chi connectivity index (χ1) is 12.4. The summed E-state index contributed by atoms with van der Waals surface area (Å²) in [4.78, 5) is 43.3. The lowest BCUT2D eigenvalue weighted by Gasteiger charge is -2.06. The van der Waals surface area contributed by atoms with Crippen molar-refractivity contribution in [1.29, 1.82) is 0 Å². The number of nitrogens with one attached hydrogen (secondary N) is 1. The minimum Gasteiger partial charge on any atom is -0.465 e. The van der Waals surface area contributed by atoms with Gasteiger partial charge in [-0.2, -0.15) is 0 Å². The standard InChI is InChI=1S/C18H17N3O5/c1-10-15(17(23)25-3)11(2)19-16(10)18(24)26-9-12-8-14(22)21-7-5-4-6-13(21)20-12/h4-8,19H,9H2,1-3H3. The lowest BCUT2D eigenvalue weighted by atomic mass is 10.1. The van der Waals surface area contributed by atoms with Gasteiger partial charge >= 0.3 is 11.9 Å². The van der Waals surface area contributed by atoms with Crippen molar-refractivity contribution in [3.63, 3.8) is 0 Å².